The van der Waals surface area contributed by atoms with Crippen LogP contribution in [0, 0.1) is 0 Å². The molecule has 3 aromatic rings. The lowest BCUT2D eigenvalue weighted by atomic mass is 10.1. The number of phenolic OH excluding ortho intramolecular Hbond substituents is 2. The lowest BCUT2D eigenvalue weighted by molar-refractivity contribution is 0.367. The molecule has 3 rings (SSSR count). The Balaban J connectivity index is 2.39. The van der Waals surface area contributed by atoms with E-state index in [1.165, 1.54) is 13.2 Å². The summed E-state index contributed by atoms with van der Waals surface area (Å²) in [6.45, 7) is 0. The van der Waals surface area contributed by atoms with Crippen molar-refractivity contribution in [1.82, 2.24) is 0 Å². The number of aromatic hydroxyl groups is 2. The number of benzene rings is 2. The van der Waals surface area contributed by atoms with Gasteiger partial charge in [-0.2, -0.15) is 0 Å². The predicted molar refractivity (Wildman–Crippen MR) is 87.8 cm³/mol. The highest BCUT2D eigenvalue weighted by atomic mass is 35.5. The largest absolute Gasteiger partial charge is 0.507 e. The Hall–Kier alpha value is -2.37. The monoisotopic (exact) mass is 352 g/mol. The molecule has 0 spiro atoms. The lowest BCUT2D eigenvalue weighted by Crippen LogP contribution is -2.02. The molecule has 0 amide bonds. The zero-order valence-electron chi connectivity index (χ0n) is 11.8. The second-order valence-electron chi connectivity index (χ2n) is 4.79. The quantitative estimate of drug-likeness (QED) is 0.722. The van der Waals surface area contributed by atoms with Gasteiger partial charge in [-0.25, -0.2) is 0 Å². The molecule has 23 heavy (non-hydrogen) atoms. The van der Waals surface area contributed by atoms with Crippen molar-refractivity contribution in [3.05, 3.63) is 50.6 Å². The molecule has 0 bridgehead atoms. The first-order valence-corrected chi connectivity index (χ1v) is 7.19. The average Bonchev–Trinajstić information content (AvgIpc) is 2.45. The molecule has 0 aliphatic carbocycles. The number of ether oxygens (including phenoxy) is 1. The Morgan fingerprint density at radius 2 is 1.65 bits per heavy atom. The minimum atomic E-state index is -0.492. The zero-order valence-corrected chi connectivity index (χ0v) is 13.3. The molecular formula is C16H10Cl2O5. The second kappa shape index (κ2) is 5.68. The van der Waals surface area contributed by atoms with Gasteiger partial charge in [0, 0.05) is 27.7 Å². The lowest BCUT2D eigenvalue weighted by Gasteiger charge is -2.10. The van der Waals surface area contributed by atoms with Gasteiger partial charge in [-0.05, 0) is 18.2 Å². The van der Waals surface area contributed by atoms with Crippen molar-refractivity contribution in [3.8, 4) is 28.6 Å². The van der Waals surface area contributed by atoms with Crippen LogP contribution in [-0.4, -0.2) is 17.3 Å². The maximum absolute atomic E-state index is 12.3. The number of methoxy groups -OCH3 is 1. The van der Waals surface area contributed by atoms with Crippen molar-refractivity contribution in [2.45, 2.75) is 0 Å². The first-order chi connectivity index (χ1) is 10.9. The van der Waals surface area contributed by atoms with Crippen LogP contribution in [0.15, 0.2) is 39.5 Å². The van der Waals surface area contributed by atoms with Crippen molar-refractivity contribution < 1.29 is 19.4 Å². The van der Waals surface area contributed by atoms with Crippen LogP contribution in [0.3, 0.4) is 0 Å². The molecule has 1 heterocycles. The Morgan fingerprint density at radius 1 is 1.00 bits per heavy atom. The molecule has 0 radical (unpaired) electrons. The van der Waals surface area contributed by atoms with Crippen LogP contribution in [0.4, 0.5) is 0 Å². The molecule has 118 valence electrons. The maximum Gasteiger partial charge on any atom is 0.204 e. The minimum Gasteiger partial charge on any atom is -0.507 e. The van der Waals surface area contributed by atoms with Gasteiger partial charge < -0.3 is 19.4 Å². The highest BCUT2D eigenvalue weighted by Gasteiger charge is 2.19. The summed E-state index contributed by atoms with van der Waals surface area (Å²) in [7, 11) is 1.31. The molecule has 5 nitrogen and oxygen atoms in total. The topological polar surface area (TPSA) is 79.9 Å². The van der Waals surface area contributed by atoms with Gasteiger partial charge in [0.1, 0.15) is 16.9 Å². The van der Waals surface area contributed by atoms with Crippen molar-refractivity contribution in [2.75, 3.05) is 7.11 Å². The highest BCUT2D eigenvalue weighted by molar-refractivity contribution is 6.35. The van der Waals surface area contributed by atoms with Crippen LogP contribution in [-0.2, 0) is 0 Å². The van der Waals surface area contributed by atoms with E-state index in [2.05, 4.69) is 0 Å². The summed E-state index contributed by atoms with van der Waals surface area (Å²) in [4.78, 5) is 12.3. The van der Waals surface area contributed by atoms with E-state index in [1.54, 1.807) is 18.2 Å². The van der Waals surface area contributed by atoms with Gasteiger partial charge in [0.15, 0.2) is 16.8 Å². The smallest absolute Gasteiger partial charge is 0.204 e. The van der Waals surface area contributed by atoms with E-state index in [0.29, 0.717) is 15.6 Å². The summed E-state index contributed by atoms with van der Waals surface area (Å²) < 4.78 is 10.7. The predicted octanol–water partition coefficient (Wildman–Crippen LogP) is 4.19. The second-order valence-corrected chi connectivity index (χ2v) is 5.66. The molecule has 0 atom stereocenters. The SMILES string of the molecule is COc1c(O)cc(O)c2c(=O)cc(-c3cc(Cl)cc(Cl)c3)oc12. The van der Waals surface area contributed by atoms with Crippen LogP contribution in [0.5, 0.6) is 17.2 Å². The first kappa shape index (κ1) is 15.5. The highest BCUT2D eigenvalue weighted by Crippen LogP contribution is 2.40. The van der Waals surface area contributed by atoms with Gasteiger partial charge in [-0.1, -0.05) is 23.2 Å². The molecule has 1 aromatic heterocycles. The summed E-state index contributed by atoms with van der Waals surface area (Å²) >= 11 is 11.9. The first-order valence-electron chi connectivity index (χ1n) is 6.44. The van der Waals surface area contributed by atoms with Gasteiger partial charge in [-0.3, -0.25) is 4.79 Å². The Morgan fingerprint density at radius 3 is 2.26 bits per heavy atom. The molecule has 0 aliphatic rings. The van der Waals surface area contributed by atoms with Gasteiger partial charge in [-0.15, -0.1) is 0 Å². The fraction of sp³-hybridized carbons (Fsp3) is 0.0625. The van der Waals surface area contributed by atoms with Crippen molar-refractivity contribution in [2.24, 2.45) is 0 Å². The van der Waals surface area contributed by atoms with Gasteiger partial charge in [0.05, 0.1) is 7.11 Å². The van der Waals surface area contributed by atoms with Crippen molar-refractivity contribution in [3.63, 3.8) is 0 Å². The standard InChI is InChI=1S/C16H10Cl2O5/c1-22-15-12(21)5-10(19)14-11(20)6-13(23-16(14)15)7-2-8(17)4-9(18)3-7/h2-6,19,21H,1H3. The number of hydrogen-bond acceptors (Lipinski definition) is 5. The molecule has 0 saturated heterocycles. The number of phenols is 2. The molecule has 2 N–H and O–H groups in total. The normalized spacial score (nSPS) is 10.9. The number of halogens is 2. The Bertz CT molecular complexity index is 958. The van der Waals surface area contributed by atoms with Crippen LogP contribution in [0.25, 0.3) is 22.3 Å². The third-order valence-corrected chi connectivity index (χ3v) is 3.70. The Labute approximate surface area is 140 Å². The van der Waals surface area contributed by atoms with E-state index in [1.807, 2.05) is 0 Å². The van der Waals surface area contributed by atoms with E-state index in [4.69, 9.17) is 32.4 Å². The van der Waals surface area contributed by atoms with E-state index in [9.17, 15) is 15.0 Å². The number of rotatable bonds is 2. The molecular weight excluding hydrogens is 343 g/mol. The summed E-state index contributed by atoms with van der Waals surface area (Å²) in [5, 5.41) is 20.4. The minimum absolute atomic E-state index is 0.0510. The van der Waals surface area contributed by atoms with E-state index in [-0.39, 0.29) is 28.2 Å². The van der Waals surface area contributed by atoms with Crippen LogP contribution < -0.4 is 10.2 Å². The van der Waals surface area contributed by atoms with Crippen LogP contribution in [0.2, 0.25) is 10.0 Å². The Kier molecular flexibility index (Phi) is 3.83. The summed E-state index contributed by atoms with van der Waals surface area (Å²) in [6.07, 6.45) is 0. The maximum atomic E-state index is 12.3. The van der Waals surface area contributed by atoms with Gasteiger partial charge >= 0.3 is 0 Å². The van der Waals surface area contributed by atoms with Gasteiger partial charge in [0.2, 0.25) is 5.75 Å². The fourth-order valence-electron chi connectivity index (χ4n) is 2.32. The van der Waals surface area contributed by atoms with E-state index < -0.39 is 11.2 Å². The van der Waals surface area contributed by atoms with E-state index >= 15 is 0 Å². The molecule has 2 aromatic carbocycles. The molecule has 7 heteroatoms. The van der Waals surface area contributed by atoms with Crippen molar-refractivity contribution >= 4 is 34.2 Å². The summed E-state index contributed by atoms with van der Waals surface area (Å²) in [5.74, 6) is -0.621. The fourth-order valence-corrected chi connectivity index (χ4v) is 2.84. The van der Waals surface area contributed by atoms with Crippen LogP contribution in [0.1, 0.15) is 0 Å². The summed E-state index contributed by atoms with van der Waals surface area (Å²) in [6, 6.07) is 6.93. The number of hydrogen-bond donors (Lipinski definition) is 2. The summed E-state index contributed by atoms with van der Waals surface area (Å²) in [5.41, 5.74) is -0.0804. The molecule has 0 fully saturated rings. The van der Waals surface area contributed by atoms with Crippen molar-refractivity contribution in [1.29, 1.82) is 0 Å². The molecule has 0 aliphatic heterocycles. The van der Waals surface area contributed by atoms with Crippen LogP contribution >= 0.6 is 23.2 Å². The zero-order chi connectivity index (χ0) is 16.7. The van der Waals surface area contributed by atoms with E-state index in [0.717, 1.165) is 6.07 Å². The average molecular weight is 353 g/mol. The third-order valence-electron chi connectivity index (χ3n) is 3.27. The van der Waals surface area contributed by atoms with Gasteiger partial charge in [0.25, 0.3) is 0 Å². The molecule has 0 unspecified atom stereocenters. The molecule has 0 saturated carbocycles. The number of fused-ring (bicyclic) bond motifs is 1. The third kappa shape index (κ3) is 2.69.